The molecule has 0 saturated heterocycles. The largest absolute Gasteiger partial charge is 0.313 e. The van der Waals surface area contributed by atoms with Crippen LogP contribution in [0.2, 0.25) is 0 Å². The van der Waals surface area contributed by atoms with E-state index in [1.54, 1.807) is 5.56 Å². The number of nitrogens with zero attached hydrogens (tertiary/aromatic N) is 2. The minimum atomic E-state index is 0.0260. The molecular formula is C26H24N2. The summed E-state index contributed by atoms with van der Waals surface area (Å²) in [6, 6.07) is 17.8. The number of fused-ring (bicyclic) bond motifs is 7. The molecule has 6 rings (SSSR count). The molecule has 0 atom stereocenters. The van der Waals surface area contributed by atoms with Crippen LogP contribution < -0.4 is 0 Å². The highest BCUT2D eigenvalue weighted by molar-refractivity contribution is 6.04. The van der Waals surface area contributed by atoms with Gasteiger partial charge in [-0.1, -0.05) is 38.1 Å². The zero-order valence-electron chi connectivity index (χ0n) is 16.5. The molecule has 2 aromatic heterocycles. The second kappa shape index (κ2) is 5.57. The number of pyridine rings is 1. The van der Waals surface area contributed by atoms with Crippen molar-refractivity contribution in [3.8, 4) is 16.8 Å². The molecule has 0 saturated carbocycles. The second-order valence-electron chi connectivity index (χ2n) is 8.73. The maximum absolute atomic E-state index is 4.50. The zero-order valence-corrected chi connectivity index (χ0v) is 16.5. The second-order valence-corrected chi connectivity index (χ2v) is 8.73. The molecule has 0 fully saturated rings. The van der Waals surface area contributed by atoms with Crippen LogP contribution in [0.1, 0.15) is 49.1 Å². The molecule has 2 heterocycles. The smallest absolute Gasteiger partial charge is 0.0540 e. The van der Waals surface area contributed by atoms with Crippen LogP contribution in [0.15, 0.2) is 60.9 Å². The lowest BCUT2D eigenvalue weighted by Crippen LogP contribution is -2.14. The molecule has 0 unspecified atom stereocenters. The van der Waals surface area contributed by atoms with Crippen molar-refractivity contribution in [2.24, 2.45) is 0 Å². The Morgan fingerprint density at radius 3 is 2.57 bits per heavy atom. The monoisotopic (exact) mass is 364 g/mol. The van der Waals surface area contributed by atoms with Gasteiger partial charge >= 0.3 is 0 Å². The summed E-state index contributed by atoms with van der Waals surface area (Å²) in [5.41, 5.74) is 11.3. The predicted octanol–water partition coefficient (Wildman–Crippen LogP) is 6.21. The number of benzene rings is 2. The van der Waals surface area contributed by atoms with E-state index in [4.69, 9.17) is 0 Å². The van der Waals surface area contributed by atoms with Gasteiger partial charge in [-0.3, -0.25) is 4.98 Å². The Morgan fingerprint density at radius 2 is 1.71 bits per heavy atom. The molecular weight excluding hydrogens is 340 g/mol. The van der Waals surface area contributed by atoms with Crippen molar-refractivity contribution in [3.63, 3.8) is 0 Å². The summed E-state index contributed by atoms with van der Waals surface area (Å²) < 4.78 is 2.52. The quantitative estimate of drug-likeness (QED) is 0.392. The maximum Gasteiger partial charge on any atom is 0.0540 e. The molecule has 2 aliphatic rings. The van der Waals surface area contributed by atoms with Crippen molar-refractivity contribution in [3.05, 3.63) is 83.3 Å². The first kappa shape index (κ1) is 16.1. The van der Waals surface area contributed by atoms with Crippen LogP contribution >= 0.6 is 0 Å². The van der Waals surface area contributed by atoms with Crippen LogP contribution in [0.5, 0.6) is 0 Å². The fraction of sp³-hybridized carbons (Fsp3) is 0.269. The van der Waals surface area contributed by atoms with Gasteiger partial charge in [-0.05, 0) is 72.2 Å². The van der Waals surface area contributed by atoms with E-state index in [-0.39, 0.29) is 5.41 Å². The van der Waals surface area contributed by atoms with E-state index in [1.165, 1.54) is 63.8 Å². The highest BCUT2D eigenvalue weighted by Gasteiger charge is 2.38. The molecule has 28 heavy (non-hydrogen) atoms. The van der Waals surface area contributed by atoms with Crippen molar-refractivity contribution in [2.45, 2.75) is 44.9 Å². The first-order chi connectivity index (χ1) is 13.7. The number of aryl methyl sites for hydroxylation is 1. The third-order valence-electron chi connectivity index (χ3n) is 6.89. The fourth-order valence-electron chi connectivity index (χ4n) is 5.59. The van der Waals surface area contributed by atoms with Gasteiger partial charge in [0.05, 0.1) is 5.52 Å². The average molecular weight is 364 g/mol. The van der Waals surface area contributed by atoms with E-state index in [1.807, 2.05) is 6.20 Å². The Balaban J connectivity index is 1.79. The van der Waals surface area contributed by atoms with Crippen molar-refractivity contribution in [1.29, 1.82) is 0 Å². The van der Waals surface area contributed by atoms with Crippen molar-refractivity contribution in [2.75, 3.05) is 0 Å². The zero-order chi connectivity index (χ0) is 18.9. The van der Waals surface area contributed by atoms with E-state index < -0.39 is 0 Å². The average Bonchev–Trinajstić information content (AvgIpc) is 3.19. The Hall–Kier alpha value is -2.87. The first-order valence-corrected chi connectivity index (χ1v) is 10.4. The van der Waals surface area contributed by atoms with E-state index in [0.29, 0.717) is 0 Å². The molecule has 4 aromatic rings. The lowest BCUT2D eigenvalue weighted by atomic mass is 9.82. The summed E-state index contributed by atoms with van der Waals surface area (Å²) >= 11 is 0. The SMILES string of the molecule is CC1(C)c2ccncc2-c2c1ccc1c2c2c(n1-c1ccccc1)CCCC2. The summed E-state index contributed by atoms with van der Waals surface area (Å²) in [7, 11) is 0. The van der Waals surface area contributed by atoms with E-state index in [0.717, 1.165) is 6.42 Å². The van der Waals surface area contributed by atoms with Crippen molar-refractivity contribution < 1.29 is 0 Å². The molecule has 0 spiro atoms. The summed E-state index contributed by atoms with van der Waals surface area (Å²) in [4.78, 5) is 4.50. The van der Waals surface area contributed by atoms with Gasteiger partial charge in [0.1, 0.15) is 0 Å². The number of aromatic nitrogens is 2. The van der Waals surface area contributed by atoms with Crippen LogP contribution in [-0.4, -0.2) is 9.55 Å². The van der Waals surface area contributed by atoms with E-state index in [2.05, 4.69) is 78.1 Å². The van der Waals surface area contributed by atoms with E-state index >= 15 is 0 Å². The lowest BCUT2D eigenvalue weighted by Gasteiger charge is -2.21. The Bertz CT molecular complexity index is 1230. The molecule has 2 heteroatoms. The normalized spacial score (nSPS) is 16.6. The van der Waals surface area contributed by atoms with Gasteiger partial charge in [0.25, 0.3) is 0 Å². The van der Waals surface area contributed by atoms with Crippen LogP contribution in [0.4, 0.5) is 0 Å². The number of rotatable bonds is 1. The van der Waals surface area contributed by atoms with Gasteiger partial charge in [0.15, 0.2) is 0 Å². The van der Waals surface area contributed by atoms with Gasteiger partial charge in [-0.2, -0.15) is 0 Å². The van der Waals surface area contributed by atoms with Crippen LogP contribution in [0.25, 0.3) is 27.7 Å². The highest BCUT2D eigenvalue weighted by atomic mass is 15.0. The number of para-hydroxylation sites is 1. The van der Waals surface area contributed by atoms with Gasteiger partial charge in [-0.15, -0.1) is 0 Å². The summed E-state index contributed by atoms with van der Waals surface area (Å²) in [5, 5.41) is 1.47. The third-order valence-corrected chi connectivity index (χ3v) is 6.89. The topological polar surface area (TPSA) is 17.8 Å². The highest BCUT2D eigenvalue weighted by Crippen LogP contribution is 2.53. The molecule has 0 radical (unpaired) electrons. The fourth-order valence-corrected chi connectivity index (χ4v) is 5.59. The lowest BCUT2D eigenvalue weighted by molar-refractivity contribution is 0.660. The summed E-state index contributed by atoms with van der Waals surface area (Å²) in [5.74, 6) is 0. The summed E-state index contributed by atoms with van der Waals surface area (Å²) in [6.45, 7) is 4.70. The molecule has 0 aliphatic heterocycles. The third kappa shape index (κ3) is 1.95. The van der Waals surface area contributed by atoms with Gasteiger partial charge in [-0.25, -0.2) is 0 Å². The molecule has 0 bridgehead atoms. The van der Waals surface area contributed by atoms with E-state index in [9.17, 15) is 0 Å². The maximum atomic E-state index is 4.50. The molecule has 2 aliphatic carbocycles. The minimum Gasteiger partial charge on any atom is -0.313 e. The standard InChI is InChI=1S/C26H24N2/c1-26(2)20-14-15-27-16-19(20)24-21(26)12-13-23-25(24)18-10-6-7-11-22(18)28(23)17-8-4-3-5-9-17/h3-5,8-9,12-16H,6-7,10-11H2,1-2H3. The molecule has 0 amide bonds. The minimum absolute atomic E-state index is 0.0260. The number of hydrogen-bond donors (Lipinski definition) is 0. The molecule has 2 nitrogen and oxygen atoms in total. The van der Waals surface area contributed by atoms with Crippen molar-refractivity contribution in [1.82, 2.24) is 9.55 Å². The molecule has 0 N–H and O–H groups in total. The van der Waals surface area contributed by atoms with Crippen LogP contribution in [0, 0.1) is 0 Å². The molecule has 138 valence electrons. The Kier molecular flexibility index (Phi) is 3.21. The number of hydrogen-bond acceptors (Lipinski definition) is 1. The Morgan fingerprint density at radius 1 is 0.893 bits per heavy atom. The predicted molar refractivity (Wildman–Crippen MR) is 115 cm³/mol. The first-order valence-electron chi connectivity index (χ1n) is 10.4. The Labute approximate surface area is 165 Å². The van der Waals surface area contributed by atoms with Crippen molar-refractivity contribution >= 4 is 10.9 Å². The van der Waals surface area contributed by atoms with Gasteiger partial charge in [0, 0.05) is 40.1 Å². The summed E-state index contributed by atoms with van der Waals surface area (Å²) in [6.07, 6.45) is 8.93. The van der Waals surface area contributed by atoms with Gasteiger partial charge in [0.2, 0.25) is 0 Å². The van der Waals surface area contributed by atoms with Crippen LogP contribution in [-0.2, 0) is 18.3 Å². The van der Waals surface area contributed by atoms with Gasteiger partial charge < -0.3 is 4.57 Å². The van der Waals surface area contributed by atoms with Crippen LogP contribution in [0.3, 0.4) is 0 Å². The molecule has 2 aromatic carbocycles.